The summed E-state index contributed by atoms with van der Waals surface area (Å²) in [4.78, 5) is 0. The molecule has 0 aliphatic rings. The van der Waals surface area contributed by atoms with Gasteiger partial charge in [-0.1, -0.05) is 19.1 Å². The van der Waals surface area contributed by atoms with Crippen LogP contribution in [0.4, 0.5) is 0 Å². The van der Waals surface area contributed by atoms with Gasteiger partial charge in [0.15, 0.2) is 0 Å². The molecule has 0 amide bonds. The van der Waals surface area contributed by atoms with Gasteiger partial charge in [0.05, 0.1) is 0 Å². The summed E-state index contributed by atoms with van der Waals surface area (Å²) in [6.45, 7) is 1.93. The minimum atomic E-state index is 0.00491. The van der Waals surface area contributed by atoms with Crippen molar-refractivity contribution in [1.29, 1.82) is 0 Å². The number of hydrogen-bond acceptors (Lipinski definition) is 3. The largest absolute Gasteiger partial charge is 0.508 e. The van der Waals surface area contributed by atoms with Gasteiger partial charge < -0.3 is 15.3 Å². The summed E-state index contributed by atoms with van der Waals surface area (Å²) < 4.78 is 0. The van der Waals surface area contributed by atoms with Gasteiger partial charge in [0.1, 0.15) is 17.2 Å². The van der Waals surface area contributed by atoms with Crippen LogP contribution < -0.4 is 0 Å². The summed E-state index contributed by atoms with van der Waals surface area (Å²) in [6, 6.07) is 9.72. The lowest BCUT2D eigenvalue weighted by molar-refractivity contribution is 0.447. The van der Waals surface area contributed by atoms with Crippen LogP contribution in [0.2, 0.25) is 0 Å². The molecule has 0 heterocycles. The Morgan fingerprint density at radius 3 is 2.35 bits per heavy atom. The molecule has 0 radical (unpaired) electrons. The fraction of sp³-hybridized carbons (Fsp3) is 0.143. The van der Waals surface area contributed by atoms with E-state index in [0.29, 0.717) is 12.0 Å². The molecule has 0 fully saturated rings. The number of hydrogen-bond donors (Lipinski definition) is 3. The minimum Gasteiger partial charge on any atom is -0.508 e. The third-order valence-corrected chi connectivity index (χ3v) is 2.74. The lowest BCUT2D eigenvalue weighted by Gasteiger charge is -2.09. The second-order valence-electron chi connectivity index (χ2n) is 3.90. The average Bonchev–Trinajstić information content (AvgIpc) is 2.29. The van der Waals surface area contributed by atoms with E-state index in [4.69, 9.17) is 0 Å². The highest BCUT2D eigenvalue weighted by molar-refractivity contribution is 5.73. The molecule has 88 valence electrons. The zero-order valence-corrected chi connectivity index (χ0v) is 9.51. The molecule has 0 saturated carbocycles. The van der Waals surface area contributed by atoms with E-state index in [1.165, 1.54) is 6.07 Å². The molecule has 3 heteroatoms. The SMILES string of the molecule is CCc1cc(-c2cccc(O)c2)c(O)cc1O. The molecular formula is C14H14O3. The second-order valence-corrected chi connectivity index (χ2v) is 3.90. The van der Waals surface area contributed by atoms with E-state index in [-0.39, 0.29) is 17.2 Å². The molecule has 0 unspecified atom stereocenters. The first-order chi connectivity index (χ1) is 8.11. The van der Waals surface area contributed by atoms with Gasteiger partial charge in [0, 0.05) is 11.6 Å². The van der Waals surface area contributed by atoms with E-state index in [9.17, 15) is 15.3 Å². The van der Waals surface area contributed by atoms with Gasteiger partial charge in [-0.3, -0.25) is 0 Å². The molecule has 2 rings (SSSR count). The number of aryl methyl sites for hydroxylation is 1. The Labute approximate surface area is 99.6 Å². The van der Waals surface area contributed by atoms with E-state index in [1.54, 1.807) is 30.3 Å². The molecule has 0 aliphatic carbocycles. The molecule has 0 spiro atoms. The van der Waals surface area contributed by atoms with E-state index < -0.39 is 0 Å². The van der Waals surface area contributed by atoms with Crippen LogP contribution >= 0.6 is 0 Å². The molecule has 3 N–H and O–H groups in total. The quantitative estimate of drug-likeness (QED) is 0.743. The monoisotopic (exact) mass is 230 g/mol. The predicted octanol–water partition coefficient (Wildman–Crippen LogP) is 3.03. The van der Waals surface area contributed by atoms with Crippen molar-refractivity contribution in [3.8, 4) is 28.4 Å². The lowest BCUT2D eigenvalue weighted by atomic mass is 10.00. The molecule has 0 atom stereocenters. The summed E-state index contributed by atoms with van der Waals surface area (Å²) in [6.07, 6.45) is 0.679. The highest BCUT2D eigenvalue weighted by atomic mass is 16.3. The Bertz CT molecular complexity index is 547. The van der Waals surface area contributed by atoms with Crippen LogP contribution in [0, 0.1) is 0 Å². The van der Waals surface area contributed by atoms with E-state index >= 15 is 0 Å². The van der Waals surface area contributed by atoms with Crippen LogP contribution in [0.3, 0.4) is 0 Å². The van der Waals surface area contributed by atoms with Crippen molar-refractivity contribution in [2.45, 2.75) is 13.3 Å². The number of rotatable bonds is 2. The van der Waals surface area contributed by atoms with Crippen LogP contribution in [-0.4, -0.2) is 15.3 Å². The molecule has 0 bridgehead atoms. The molecular weight excluding hydrogens is 216 g/mol. The molecule has 3 nitrogen and oxygen atoms in total. The van der Waals surface area contributed by atoms with E-state index in [0.717, 1.165) is 11.1 Å². The van der Waals surface area contributed by atoms with Gasteiger partial charge in [-0.15, -0.1) is 0 Å². The van der Waals surface area contributed by atoms with Crippen LogP contribution in [0.15, 0.2) is 36.4 Å². The summed E-state index contributed by atoms with van der Waals surface area (Å²) in [5, 5.41) is 28.8. The lowest BCUT2D eigenvalue weighted by Crippen LogP contribution is -1.86. The first-order valence-corrected chi connectivity index (χ1v) is 5.46. The normalized spacial score (nSPS) is 10.4. The standard InChI is InChI=1S/C14H14O3/c1-2-9-7-12(14(17)8-13(9)16)10-4-3-5-11(15)6-10/h3-8,15-17H,2H2,1H3. The van der Waals surface area contributed by atoms with Gasteiger partial charge in [-0.05, 0) is 35.7 Å². The molecule has 2 aromatic carbocycles. The smallest absolute Gasteiger partial charge is 0.127 e. The number of benzene rings is 2. The van der Waals surface area contributed by atoms with Crippen LogP contribution in [0.5, 0.6) is 17.2 Å². The number of phenolic OH excluding ortho intramolecular Hbond substituents is 3. The summed E-state index contributed by atoms with van der Waals surface area (Å²) in [7, 11) is 0. The van der Waals surface area contributed by atoms with Crippen molar-refractivity contribution < 1.29 is 15.3 Å². The Kier molecular flexibility index (Phi) is 2.91. The van der Waals surface area contributed by atoms with Gasteiger partial charge in [-0.25, -0.2) is 0 Å². The molecule has 0 aliphatic heterocycles. The van der Waals surface area contributed by atoms with Crippen molar-refractivity contribution in [2.75, 3.05) is 0 Å². The topological polar surface area (TPSA) is 60.7 Å². The van der Waals surface area contributed by atoms with Crippen LogP contribution in [-0.2, 0) is 6.42 Å². The van der Waals surface area contributed by atoms with Crippen LogP contribution in [0.1, 0.15) is 12.5 Å². The average molecular weight is 230 g/mol. The molecule has 17 heavy (non-hydrogen) atoms. The molecule has 0 aromatic heterocycles. The zero-order valence-electron chi connectivity index (χ0n) is 9.51. The second kappa shape index (κ2) is 4.37. The molecule has 0 saturated heterocycles. The van der Waals surface area contributed by atoms with Gasteiger partial charge in [-0.2, -0.15) is 0 Å². The Balaban J connectivity index is 2.59. The summed E-state index contributed by atoms with van der Waals surface area (Å²) >= 11 is 0. The van der Waals surface area contributed by atoms with E-state index in [2.05, 4.69) is 0 Å². The van der Waals surface area contributed by atoms with E-state index in [1.807, 2.05) is 6.92 Å². The Morgan fingerprint density at radius 1 is 0.941 bits per heavy atom. The van der Waals surface area contributed by atoms with Crippen molar-refractivity contribution in [3.63, 3.8) is 0 Å². The Morgan fingerprint density at radius 2 is 1.71 bits per heavy atom. The zero-order chi connectivity index (χ0) is 12.4. The minimum absolute atomic E-state index is 0.00491. The maximum Gasteiger partial charge on any atom is 0.127 e. The van der Waals surface area contributed by atoms with Crippen molar-refractivity contribution >= 4 is 0 Å². The highest BCUT2D eigenvalue weighted by Crippen LogP contribution is 2.35. The van der Waals surface area contributed by atoms with Crippen molar-refractivity contribution in [3.05, 3.63) is 42.0 Å². The van der Waals surface area contributed by atoms with Crippen molar-refractivity contribution in [2.24, 2.45) is 0 Å². The predicted molar refractivity (Wildman–Crippen MR) is 66.3 cm³/mol. The maximum atomic E-state index is 9.81. The molecule has 2 aromatic rings. The fourth-order valence-corrected chi connectivity index (χ4v) is 1.81. The van der Waals surface area contributed by atoms with Crippen LogP contribution in [0.25, 0.3) is 11.1 Å². The first kappa shape index (κ1) is 11.3. The van der Waals surface area contributed by atoms with Gasteiger partial charge >= 0.3 is 0 Å². The van der Waals surface area contributed by atoms with Crippen molar-refractivity contribution in [1.82, 2.24) is 0 Å². The fourth-order valence-electron chi connectivity index (χ4n) is 1.81. The highest BCUT2D eigenvalue weighted by Gasteiger charge is 2.09. The summed E-state index contributed by atoms with van der Waals surface area (Å²) in [5.74, 6) is 0.243. The Hall–Kier alpha value is -2.16. The first-order valence-electron chi connectivity index (χ1n) is 5.46. The van der Waals surface area contributed by atoms with Gasteiger partial charge in [0.2, 0.25) is 0 Å². The third kappa shape index (κ3) is 2.18. The summed E-state index contributed by atoms with van der Waals surface area (Å²) in [5.41, 5.74) is 2.09. The number of phenols is 3. The number of aromatic hydroxyl groups is 3. The maximum absolute atomic E-state index is 9.81. The van der Waals surface area contributed by atoms with Gasteiger partial charge in [0.25, 0.3) is 0 Å². The third-order valence-electron chi connectivity index (χ3n) is 2.74.